The lowest BCUT2D eigenvalue weighted by atomic mass is 9.79. The van der Waals surface area contributed by atoms with Crippen LogP contribution < -0.4 is 0 Å². The van der Waals surface area contributed by atoms with Crippen LogP contribution in [0.1, 0.15) is 50.7 Å². The fraction of sp³-hybridized carbons (Fsp3) is 0.625. The molecule has 1 aliphatic rings. The number of pyridine rings is 1. The molecule has 3 atom stereocenters. The second-order valence-corrected chi connectivity index (χ2v) is 6.52. The standard InChI is InChI=1S/C16H22ClN3/c1-10-4-6-13(8-11(10)2)20-15(9-17)19-14-7-5-12(3)18-16(14)20/h5,7,10-11,13H,4,6,8-9H2,1-3H3. The Morgan fingerprint density at radius 2 is 2.00 bits per heavy atom. The third-order valence-corrected chi connectivity index (χ3v) is 5.04. The van der Waals surface area contributed by atoms with Crippen LogP contribution in [0.4, 0.5) is 0 Å². The van der Waals surface area contributed by atoms with E-state index < -0.39 is 0 Å². The van der Waals surface area contributed by atoms with Gasteiger partial charge in [0.05, 0.1) is 5.88 Å². The number of hydrogen-bond acceptors (Lipinski definition) is 2. The SMILES string of the molecule is Cc1ccc2nc(CCl)n(C3CCC(C)C(C)C3)c2n1. The Balaban J connectivity index is 2.07. The van der Waals surface area contributed by atoms with E-state index in [1.54, 1.807) is 0 Å². The fourth-order valence-electron chi connectivity index (χ4n) is 3.35. The van der Waals surface area contributed by atoms with Gasteiger partial charge in [-0.3, -0.25) is 0 Å². The van der Waals surface area contributed by atoms with Crippen molar-refractivity contribution in [2.45, 2.75) is 52.0 Å². The highest BCUT2D eigenvalue weighted by Gasteiger charge is 2.28. The number of alkyl halides is 1. The Labute approximate surface area is 125 Å². The lowest BCUT2D eigenvalue weighted by Crippen LogP contribution is -2.24. The van der Waals surface area contributed by atoms with E-state index in [9.17, 15) is 0 Å². The summed E-state index contributed by atoms with van der Waals surface area (Å²) in [5.41, 5.74) is 3.02. The maximum absolute atomic E-state index is 6.12. The topological polar surface area (TPSA) is 30.7 Å². The number of hydrogen-bond donors (Lipinski definition) is 0. The molecule has 108 valence electrons. The van der Waals surface area contributed by atoms with Crippen molar-refractivity contribution >= 4 is 22.8 Å². The molecule has 4 heteroatoms. The molecular formula is C16H22ClN3. The molecule has 2 aromatic heterocycles. The average Bonchev–Trinajstić information content (AvgIpc) is 2.79. The summed E-state index contributed by atoms with van der Waals surface area (Å²) in [5, 5.41) is 0. The largest absolute Gasteiger partial charge is 0.309 e. The molecule has 0 N–H and O–H groups in total. The van der Waals surface area contributed by atoms with Crippen molar-refractivity contribution in [3.8, 4) is 0 Å². The van der Waals surface area contributed by atoms with Gasteiger partial charge in [0.2, 0.25) is 0 Å². The minimum Gasteiger partial charge on any atom is -0.309 e. The van der Waals surface area contributed by atoms with Gasteiger partial charge in [0, 0.05) is 11.7 Å². The summed E-state index contributed by atoms with van der Waals surface area (Å²) in [6, 6.07) is 4.57. The molecule has 0 aromatic carbocycles. The zero-order chi connectivity index (χ0) is 14.3. The summed E-state index contributed by atoms with van der Waals surface area (Å²) in [7, 11) is 0. The van der Waals surface area contributed by atoms with Gasteiger partial charge in [0.1, 0.15) is 11.3 Å². The number of nitrogens with zero attached hydrogens (tertiary/aromatic N) is 3. The van der Waals surface area contributed by atoms with E-state index >= 15 is 0 Å². The van der Waals surface area contributed by atoms with E-state index in [1.165, 1.54) is 19.3 Å². The summed E-state index contributed by atoms with van der Waals surface area (Å²) in [4.78, 5) is 9.37. The molecule has 3 nitrogen and oxygen atoms in total. The molecule has 20 heavy (non-hydrogen) atoms. The predicted molar refractivity (Wildman–Crippen MR) is 83.0 cm³/mol. The second kappa shape index (κ2) is 5.36. The lowest BCUT2D eigenvalue weighted by molar-refractivity contribution is 0.211. The van der Waals surface area contributed by atoms with Crippen LogP contribution in [-0.2, 0) is 5.88 Å². The summed E-state index contributed by atoms with van der Waals surface area (Å²) < 4.78 is 2.30. The van der Waals surface area contributed by atoms with Crippen molar-refractivity contribution in [1.29, 1.82) is 0 Å². The monoisotopic (exact) mass is 291 g/mol. The lowest BCUT2D eigenvalue weighted by Gasteiger charge is -2.33. The third-order valence-electron chi connectivity index (χ3n) is 4.80. The van der Waals surface area contributed by atoms with Gasteiger partial charge < -0.3 is 4.57 Å². The highest BCUT2D eigenvalue weighted by molar-refractivity contribution is 6.16. The Bertz CT molecular complexity index is 619. The summed E-state index contributed by atoms with van der Waals surface area (Å²) in [5.74, 6) is 2.98. The van der Waals surface area contributed by atoms with Gasteiger partial charge in [-0.15, -0.1) is 11.6 Å². The number of imidazole rings is 1. The number of aryl methyl sites for hydroxylation is 1. The van der Waals surface area contributed by atoms with Gasteiger partial charge in [-0.2, -0.15) is 0 Å². The van der Waals surface area contributed by atoms with E-state index in [0.29, 0.717) is 11.9 Å². The van der Waals surface area contributed by atoms with Crippen LogP contribution in [0.25, 0.3) is 11.2 Å². The molecule has 1 saturated carbocycles. The molecule has 1 fully saturated rings. The average molecular weight is 292 g/mol. The molecule has 0 saturated heterocycles. The van der Waals surface area contributed by atoms with E-state index in [-0.39, 0.29) is 0 Å². The molecule has 2 aromatic rings. The molecule has 0 amide bonds. The van der Waals surface area contributed by atoms with Crippen molar-refractivity contribution in [3.63, 3.8) is 0 Å². The van der Waals surface area contributed by atoms with Gasteiger partial charge in [-0.25, -0.2) is 9.97 Å². The molecule has 0 aliphatic heterocycles. The van der Waals surface area contributed by atoms with Gasteiger partial charge in [-0.1, -0.05) is 13.8 Å². The van der Waals surface area contributed by atoms with Crippen molar-refractivity contribution < 1.29 is 0 Å². The maximum atomic E-state index is 6.12. The van der Waals surface area contributed by atoms with Crippen molar-refractivity contribution in [2.24, 2.45) is 11.8 Å². The van der Waals surface area contributed by atoms with Crippen LogP contribution in [0.2, 0.25) is 0 Å². The first-order chi connectivity index (χ1) is 9.60. The van der Waals surface area contributed by atoms with Gasteiger partial charge in [0.15, 0.2) is 5.65 Å². The van der Waals surface area contributed by atoms with Gasteiger partial charge in [-0.05, 0) is 50.2 Å². The Morgan fingerprint density at radius 3 is 2.70 bits per heavy atom. The number of rotatable bonds is 2. The Hall–Kier alpha value is -1.09. The highest BCUT2D eigenvalue weighted by Crippen LogP contribution is 2.38. The Morgan fingerprint density at radius 1 is 1.20 bits per heavy atom. The minimum absolute atomic E-state index is 0.454. The normalized spacial score (nSPS) is 27.1. The van der Waals surface area contributed by atoms with Gasteiger partial charge >= 0.3 is 0 Å². The predicted octanol–water partition coefficient (Wildman–Crippen LogP) is 4.48. The van der Waals surface area contributed by atoms with Crippen LogP contribution in [0, 0.1) is 18.8 Å². The van der Waals surface area contributed by atoms with Crippen LogP contribution in [0.15, 0.2) is 12.1 Å². The molecule has 1 aliphatic carbocycles. The number of halogens is 1. The van der Waals surface area contributed by atoms with E-state index in [4.69, 9.17) is 16.6 Å². The maximum Gasteiger partial charge on any atom is 0.160 e. The smallest absolute Gasteiger partial charge is 0.160 e. The van der Waals surface area contributed by atoms with Crippen LogP contribution >= 0.6 is 11.6 Å². The van der Waals surface area contributed by atoms with Crippen molar-refractivity contribution in [2.75, 3.05) is 0 Å². The zero-order valence-electron chi connectivity index (χ0n) is 12.4. The van der Waals surface area contributed by atoms with Crippen molar-refractivity contribution in [1.82, 2.24) is 14.5 Å². The van der Waals surface area contributed by atoms with Crippen LogP contribution in [0.3, 0.4) is 0 Å². The number of aromatic nitrogens is 3. The van der Waals surface area contributed by atoms with E-state index in [1.807, 2.05) is 13.0 Å². The van der Waals surface area contributed by atoms with E-state index in [0.717, 1.165) is 34.5 Å². The molecule has 2 heterocycles. The van der Waals surface area contributed by atoms with E-state index in [2.05, 4.69) is 29.5 Å². The summed E-state index contributed by atoms with van der Waals surface area (Å²) in [6.07, 6.45) is 3.68. The molecule has 0 bridgehead atoms. The van der Waals surface area contributed by atoms with Gasteiger partial charge in [0.25, 0.3) is 0 Å². The molecule has 0 spiro atoms. The first-order valence-corrected chi connectivity index (χ1v) is 8.04. The van der Waals surface area contributed by atoms with Crippen LogP contribution in [-0.4, -0.2) is 14.5 Å². The first kappa shape index (κ1) is 13.9. The van der Waals surface area contributed by atoms with Crippen LogP contribution in [0.5, 0.6) is 0 Å². The molecule has 3 unspecified atom stereocenters. The number of fused-ring (bicyclic) bond motifs is 1. The molecular weight excluding hydrogens is 270 g/mol. The highest BCUT2D eigenvalue weighted by atomic mass is 35.5. The minimum atomic E-state index is 0.454. The zero-order valence-corrected chi connectivity index (χ0v) is 13.2. The quantitative estimate of drug-likeness (QED) is 0.764. The second-order valence-electron chi connectivity index (χ2n) is 6.25. The fourth-order valence-corrected chi connectivity index (χ4v) is 3.54. The van der Waals surface area contributed by atoms with Crippen molar-refractivity contribution in [3.05, 3.63) is 23.7 Å². The first-order valence-electron chi connectivity index (χ1n) is 7.50. The summed E-state index contributed by atoms with van der Waals surface area (Å²) >= 11 is 6.12. The molecule has 0 radical (unpaired) electrons. The summed E-state index contributed by atoms with van der Waals surface area (Å²) in [6.45, 7) is 6.75. The Kier molecular flexibility index (Phi) is 3.72. The molecule has 3 rings (SSSR count). The third kappa shape index (κ3) is 2.32.